The molecule has 0 saturated carbocycles. The Morgan fingerprint density at radius 2 is 2.20 bits per heavy atom. The summed E-state index contributed by atoms with van der Waals surface area (Å²) in [5.74, 6) is -1.15. The summed E-state index contributed by atoms with van der Waals surface area (Å²) < 4.78 is 41.4. The van der Waals surface area contributed by atoms with E-state index in [2.05, 4.69) is 15.0 Å². The van der Waals surface area contributed by atoms with E-state index in [1.807, 2.05) is 4.90 Å². The molecule has 2 heterocycles. The second kappa shape index (κ2) is 5.75. The first kappa shape index (κ1) is 14.7. The number of carboxylic acids is 1. The number of likely N-dealkylation sites (tertiary alicyclic amines) is 1. The molecule has 10 heteroatoms. The second-order valence-electron chi connectivity index (χ2n) is 4.47. The normalized spacial score (nSPS) is 17.1. The molecule has 1 aliphatic rings. The molecule has 0 amide bonds. The number of alkyl halides is 3. The highest BCUT2D eigenvalue weighted by atomic mass is 19.4. The summed E-state index contributed by atoms with van der Waals surface area (Å²) in [7, 11) is 0. The largest absolute Gasteiger partial charge is 0.476 e. The Balaban J connectivity index is 1.65. The molecule has 1 N–H and O–H groups in total. The van der Waals surface area contributed by atoms with E-state index in [0.29, 0.717) is 19.6 Å². The molecule has 0 radical (unpaired) electrons. The van der Waals surface area contributed by atoms with Gasteiger partial charge in [-0.3, -0.25) is 4.90 Å². The van der Waals surface area contributed by atoms with E-state index in [4.69, 9.17) is 5.11 Å². The van der Waals surface area contributed by atoms with Crippen molar-refractivity contribution in [3.05, 3.63) is 11.9 Å². The van der Waals surface area contributed by atoms with Gasteiger partial charge >= 0.3 is 12.1 Å². The van der Waals surface area contributed by atoms with Crippen LogP contribution in [0.25, 0.3) is 0 Å². The van der Waals surface area contributed by atoms with Crippen molar-refractivity contribution in [3.8, 4) is 0 Å². The molecule has 1 saturated heterocycles. The number of nitrogens with zero attached hydrogens (tertiary/aromatic N) is 4. The maximum Gasteiger partial charge on any atom is 0.411 e. The van der Waals surface area contributed by atoms with Gasteiger partial charge in [0.15, 0.2) is 5.69 Å². The molecule has 0 unspecified atom stereocenters. The third kappa shape index (κ3) is 3.90. The van der Waals surface area contributed by atoms with Crippen LogP contribution in [0.1, 0.15) is 16.5 Å². The molecule has 0 spiro atoms. The molecule has 2 rings (SSSR count). The van der Waals surface area contributed by atoms with Gasteiger partial charge in [-0.1, -0.05) is 5.21 Å². The van der Waals surface area contributed by atoms with Crippen LogP contribution in [-0.2, 0) is 4.74 Å². The Hall–Kier alpha value is -1.68. The average Bonchev–Trinajstić information content (AvgIpc) is 2.73. The van der Waals surface area contributed by atoms with Gasteiger partial charge in [0.2, 0.25) is 0 Å². The fourth-order valence-electron chi connectivity index (χ4n) is 1.83. The minimum absolute atomic E-state index is 0.00165. The lowest BCUT2D eigenvalue weighted by Gasteiger charge is -2.38. The number of hydrogen-bond acceptors (Lipinski definition) is 5. The Morgan fingerprint density at radius 3 is 2.75 bits per heavy atom. The molecular weight excluding hydrogens is 281 g/mol. The number of ether oxygens (including phenoxy) is 1. The Bertz CT molecular complexity index is 471. The monoisotopic (exact) mass is 294 g/mol. The molecule has 0 atom stereocenters. The van der Waals surface area contributed by atoms with Crippen LogP contribution in [-0.4, -0.2) is 70.0 Å². The highest BCUT2D eigenvalue weighted by Gasteiger charge is 2.30. The lowest BCUT2D eigenvalue weighted by molar-refractivity contribution is -0.175. The quantitative estimate of drug-likeness (QED) is 0.766. The minimum Gasteiger partial charge on any atom is -0.476 e. The first-order valence-corrected chi connectivity index (χ1v) is 5.87. The smallest absolute Gasteiger partial charge is 0.411 e. The van der Waals surface area contributed by atoms with Crippen molar-refractivity contribution in [2.45, 2.75) is 12.2 Å². The molecule has 1 aromatic heterocycles. The first-order valence-electron chi connectivity index (χ1n) is 5.87. The zero-order valence-corrected chi connectivity index (χ0v) is 10.4. The Morgan fingerprint density at radius 1 is 1.50 bits per heavy atom. The number of halogens is 3. The minimum atomic E-state index is -4.30. The average molecular weight is 294 g/mol. The van der Waals surface area contributed by atoms with Crippen LogP contribution in [0, 0.1) is 0 Å². The third-order valence-electron chi connectivity index (χ3n) is 2.86. The third-order valence-corrected chi connectivity index (χ3v) is 2.86. The molecule has 0 aliphatic carbocycles. The van der Waals surface area contributed by atoms with Gasteiger partial charge in [-0.15, -0.1) is 5.10 Å². The summed E-state index contributed by atoms with van der Waals surface area (Å²) >= 11 is 0. The predicted octanol–water partition coefficient (Wildman–Crippen LogP) is 0.412. The van der Waals surface area contributed by atoms with Gasteiger partial charge in [-0.2, -0.15) is 13.2 Å². The summed E-state index contributed by atoms with van der Waals surface area (Å²) in [5, 5.41) is 15.9. The van der Waals surface area contributed by atoms with Crippen LogP contribution in [0.3, 0.4) is 0 Å². The van der Waals surface area contributed by atoms with Crippen molar-refractivity contribution >= 4 is 5.97 Å². The molecule has 0 aromatic carbocycles. The fraction of sp³-hybridized carbons (Fsp3) is 0.700. The molecule has 1 aliphatic heterocycles. The first-order chi connectivity index (χ1) is 9.35. The van der Waals surface area contributed by atoms with Crippen LogP contribution in [0.2, 0.25) is 0 Å². The van der Waals surface area contributed by atoms with Crippen molar-refractivity contribution < 1.29 is 27.8 Å². The second-order valence-corrected chi connectivity index (χ2v) is 4.47. The van der Waals surface area contributed by atoms with Crippen LogP contribution in [0.4, 0.5) is 13.2 Å². The van der Waals surface area contributed by atoms with Crippen molar-refractivity contribution in [3.63, 3.8) is 0 Å². The number of rotatable bonds is 6. The van der Waals surface area contributed by atoms with Crippen molar-refractivity contribution in [2.24, 2.45) is 0 Å². The Kier molecular flexibility index (Phi) is 4.23. The van der Waals surface area contributed by atoms with E-state index in [9.17, 15) is 18.0 Å². The summed E-state index contributed by atoms with van der Waals surface area (Å²) in [6, 6.07) is -0.00165. The van der Waals surface area contributed by atoms with E-state index < -0.39 is 18.8 Å². The molecule has 20 heavy (non-hydrogen) atoms. The van der Waals surface area contributed by atoms with Crippen molar-refractivity contribution in [1.82, 2.24) is 19.9 Å². The molecular formula is C10H13F3N4O3. The fourth-order valence-corrected chi connectivity index (χ4v) is 1.83. The Labute approximate surface area is 111 Å². The van der Waals surface area contributed by atoms with Crippen LogP contribution >= 0.6 is 0 Å². The maximum atomic E-state index is 11.8. The van der Waals surface area contributed by atoms with Gasteiger partial charge in [-0.25, -0.2) is 9.48 Å². The van der Waals surface area contributed by atoms with E-state index in [0.717, 1.165) is 0 Å². The van der Waals surface area contributed by atoms with E-state index in [1.165, 1.54) is 10.9 Å². The summed E-state index contributed by atoms with van der Waals surface area (Å²) in [6.45, 7) is 0.321. The predicted molar refractivity (Wildman–Crippen MR) is 59.3 cm³/mol. The van der Waals surface area contributed by atoms with Crippen LogP contribution < -0.4 is 0 Å². The SMILES string of the molecule is O=C(O)c1cn(C2CN(CCOCC(F)(F)F)C2)nn1. The van der Waals surface area contributed by atoms with Gasteiger partial charge in [0.05, 0.1) is 18.8 Å². The van der Waals surface area contributed by atoms with Crippen LogP contribution in [0.15, 0.2) is 6.20 Å². The van der Waals surface area contributed by atoms with Crippen molar-refractivity contribution in [1.29, 1.82) is 0 Å². The molecule has 112 valence electrons. The van der Waals surface area contributed by atoms with Gasteiger partial charge in [0.1, 0.15) is 6.61 Å². The van der Waals surface area contributed by atoms with Gasteiger partial charge in [0, 0.05) is 19.6 Å². The maximum absolute atomic E-state index is 11.8. The van der Waals surface area contributed by atoms with Crippen LogP contribution in [0.5, 0.6) is 0 Å². The molecule has 0 bridgehead atoms. The number of aromatic carboxylic acids is 1. The lowest BCUT2D eigenvalue weighted by atomic mass is 10.1. The molecule has 7 nitrogen and oxygen atoms in total. The summed E-state index contributed by atoms with van der Waals surface area (Å²) in [4.78, 5) is 12.5. The lowest BCUT2D eigenvalue weighted by Crippen LogP contribution is -2.49. The van der Waals surface area contributed by atoms with E-state index in [-0.39, 0.29) is 18.3 Å². The highest BCUT2D eigenvalue weighted by Crippen LogP contribution is 2.20. The zero-order chi connectivity index (χ0) is 14.8. The van der Waals surface area contributed by atoms with E-state index in [1.54, 1.807) is 0 Å². The van der Waals surface area contributed by atoms with Gasteiger partial charge < -0.3 is 9.84 Å². The van der Waals surface area contributed by atoms with Gasteiger partial charge in [0.25, 0.3) is 0 Å². The number of aromatic nitrogens is 3. The van der Waals surface area contributed by atoms with Crippen molar-refractivity contribution in [2.75, 3.05) is 32.8 Å². The zero-order valence-electron chi connectivity index (χ0n) is 10.4. The summed E-state index contributed by atoms with van der Waals surface area (Å²) in [6.07, 6.45) is -2.96. The van der Waals surface area contributed by atoms with Gasteiger partial charge in [-0.05, 0) is 0 Å². The standard InChI is InChI=1S/C10H13F3N4O3/c11-10(12,13)6-20-2-1-16-3-7(4-16)17-5-8(9(18)19)14-15-17/h5,7H,1-4,6H2,(H,18,19). The highest BCUT2D eigenvalue weighted by molar-refractivity contribution is 5.84. The topological polar surface area (TPSA) is 80.5 Å². The van der Waals surface area contributed by atoms with E-state index >= 15 is 0 Å². The number of carbonyl (C=O) groups is 1. The summed E-state index contributed by atoms with van der Waals surface area (Å²) in [5.41, 5.74) is -0.128. The molecule has 1 fully saturated rings. The number of hydrogen-bond donors (Lipinski definition) is 1. The molecule has 1 aromatic rings. The number of carboxylic acid groups (broad SMARTS) is 1.